The summed E-state index contributed by atoms with van der Waals surface area (Å²) in [6.45, 7) is 4.05. The maximum absolute atomic E-state index is 12.1. The van der Waals surface area contributed by atoms with Crippen LogP contribution in [0.4, 0.5) is 0 Å². The molecule has 0 radical (unpaired) electrons. The fraction of sp³-hybridized carbons (Fsp3) is 0.333. The van der Waals surface area contributed by atoms with Gasteiger partial charge in [0.1, 0.15) is 5.75 Å². The average molecular weight is 528 g/mol. The molecule has 0 aliphatic rings. The minimum atomic E-state index is -0.111. The number of guanidine groups is 1. The monoisotopic (exact) mass is 528 g/mol. The standard InChI is InChI=1S/C21H28N4O2S.HI/c1-16(28-19-7-5-4-6-8-19)15-25-21(22-2)24-14-13-23-20(26)17-9-11-18(27-3)12-10-17;/h4-12,16H,13-15H2,1-3H3,(H,23,26)(H2,22,24,25);1H. The van der Waals surface area contributed by atoms with E-state index in [1.807, 2.05) is 30.0 Å². The van der Waals surface area contributed by atoms with Gasteiger partial charge in [0.15, 0.2) is 5.96 Å². The van der Waals surface area contributed by atoms with E-state index in [1.54, 1.807) is 38.4 Å². The third kappa shape index (κ3) is 9.40. The van der Waals surface area contributed by atoms with Crippen LogP contribution in [0.15, 0.2) is 64.5 Å². The van der Waals surface area contributed by atoms with Gasteiger partial charge in [-0.05, 0) is 36.4 Å². The Bertz CT molecular complexity index is 757. The summed E-state index contributed by atoms with van der Waals surface area (Å²) in [6, 6.07) is 17.4. The van der Waals surface area contributed by atoms with E-state index in [0.29, 0.717) is 23.9 Å². The zero-order valence-corrected chi connectivity index (χ0v) is 20.1. The zero-order chi connectivity index (χ0) is 20.2. The van der Waals surface area contributed by atoms with Gasteiger partial charge in [-0.3, -0.25) is 9.79 Å². The highest BCUT2D eigenvalue weighted by Crippen LogP contribution is 2.21. The number of thioether (sulfide) groups is 1. The highest BCUT2D eigenvalue weighted by molar-refractivity contribution is 14.0. The second kappa shape index (κ2) is 14.1. The summed E-state index contributed by atoms with van der Waals surface area (Å²) in [7, 11) is 3.34. The summed E-state index contributed by atoms with van der Waals surface area (Å²) in [5, 5.41) is 9.81. The van der Waals surface area contributed by atoms with Crippen LogP contribution in [-0.4, -0.2) is 50.9 Å². The topological polar surface area (TPSA) is 74.8 Å². The van der Waals surface area contributed by atoms with Gasteiger partial charge >= 0.3 is 0 Å². The molecule has 29 heavy (non-hydrogen) atoms. The van der Waals surface area contributed by atoms with Crippen molar-refractivity contribution in [3.63, 3.8) is 0 Å². The molecule has 0 saturated heterocycles. The first-order valence-corrected chi connectivity index (χ1v) is 10.1. The number of amides is 1. The number of ether oxygens (including phenoxy) is 1. The first-order chi connectivity index (χ1) is 13.6. The molecule has 0 spiro atoms. The van der Waals surface area contributed by atoms with Crippen LogP contribution in [0.2, 0.25) is 0 Å². The van der Waals surface area contributed by atoms with E-state index in [1.165, 1.54) is 4.90 Å². The third-order valence-corrected chi connectivity index (χ3v) is 5.03. The molecule has 3 N–H and O–H groups in total. The molecule has 2 aromatic carbocycles. The minimum Gasteiger partial charge on any atom is -0.497 e. The summed E-state index contributed by atoms with van der Waals surface area (Å²) < 4.78 is 5.10. The molecule has 0 aromatic heterocycles. The zero-order valence-electron chi connectivity index (χ0n) is 17.0. The molecule has 0 fully saturated rings. The van der Waals surface area contributed by atoms with Gasteiger partial charge in [0.25, 0.3) is 5.91 Å². The van der Waals surface area contributed by atoms with Crippen LogP contribution in [0.5, 0.6) is 5.75 Å². The number of carbonyl (C=O) groups is 1. The van der Waals surface area contributed by atoms with Crippen LogP contribution in [-0.2, 0) is 0 Å². The SMILES string of the molecule is CN=C(NCCNC(=O)c1ccc(OC)cc1)NCC(C)Sc1ccccc1.I. The largest absolute Gasteiger partial charge is 0.497 e. The van der Waals surface area contributed by atoms with Crippen LogP contribution < -0.4 is 20.7 Å². The fourth-order valence-corrected chi connectivity index (χ4v) is 3.38. The molecule has 2 aromatic rings. The lowest BCUT2D eigenvalue weighted by atomic mass is 10.2. The number of hydrogen-bond acceptors (Lipinski definition) is 4. The van der Waals surface area contributed by atoms with Gasteiger partial charge in [0, 0.05) is 42.4 Å². The Hall–Kier alpha value is -1.94. The number of nitrogens with one attached hydrogen (secondary N) is 3. The smallest absolute Gasteiger partial charge is 0.251 e. The van der Waals surface area contributed by atoms with E-state index in [0.717, 1.165) is 18.3 Å². The lowest BCUT2D eigenvalue weighted by Crippen LogP contribution is -2.43. The molecule has 8 heteroatoms. The van der Waals surface area contributed by atoms with E-state index < -0.39 is 0 Å². The molecule has 1 unspecified atom stereocenters. The van der Waals surface area contributed by atoms with E-state index in [9.17, 15) is 4.79 Å². The molecular formula is C21H29IN4O2S. The van der Waals surface area contributed by atoms with Gasteiger partial charge in [-0.15, -0.1) is 35.7 Å². The van der Waals surface area contributed by atoms with Crippen molar-refractivity contribution < 1.29 is 9.53 Å². The van der Waals surface area contributed by atoms with Gasteiger partial charge in [-0.1, -0.05) is 25.1 Å². The van der Waals surface area contributed by atoms with Crippen molar-refractivity contribution in [2.75, 3.05) is 33.8 Å². The summed E-state index contributed by atoms with van der Waals surface area (Å²) in [5.41, 5.74) is 0.607. The normalized spacial score (nSPS) is 11.8. The molecule has 0 heterocycles. The van der Waals surface area contributed by atoms with Crippen LogP contribution in [0.3, 0.4) is 0 Å². The molecule has 2 rings (SSSR count). The van der Waals surface area contributed by atoms with E-state index >= 15 is 0 Å². The number of aliphatic imine (C=N–C) groups is 1. The molecule has 1 amide bonds. The number of hydrogen-bond donors (Lipinski definition) is 3. The van der Waals surface area contributed by atoms with E-state index in [4.69, 9.17) is 4.74 Å². The Morgan fingerprint density at radius 1 is 1.03 bits per heavy atom. The summed E-state index contributed by atoms with van der Waals surface area (Å²) in [6.07, 6.45) is 0. The predicted octanol–water partition coefficient (Wildman–Crippen LogP) is 3.39. The van der Waals surface area contributed by atoms with Crippen LogP contribution in [0.25, 0.3) is 0 Å². The Kier molecular flexibility index (Phi) is 12.2. The second-order valence-corrected chi connectivity index (χ2v) is 7.62. The highest BCUT2D eigenvalue weighted by Gasteiger charge is 2.07. The van der Waals surface area contributed by atoms with Gasteiger partial charge < -0.3 is 20.7 Å². The van der Waals surface area contributed by atoms with Gasteiger partial charge in [0.2, 0.25) is 0 Å². The number of benzene rings is 2. The van der Waals surface area contributed by atoms with Crippen molar-refractivity contribution >= 4 is 47.6 Å². The second-order valence-electron chi connectivity index (χ2n) is 6.11. The Balaban J connectivity index is 0.00000420. The first kappa shape index (κ1) is 25.1. The van der Waals surface area contributed by atoms with Crippen molar-refractivity contribution in [1.29, 1.82) is 0 Å². The summed E-state index contributed by atoms with van der Waals surface area (Å²) in [5.74, 6) is 1.34. The number of nitrogens with zero attached hydrogens (tertiary/aromatic N) is 1. The van der Waals surface area contributed by atoms with Gasteiger partial charge in [0.05, 0.1) is 7.11 Å². The third-order valence-electron chi connectivity index (χ3n) is 3.92. The molecule has 0 aliphatic carbocycles. The van der Waals surface area contributed by atoms with Crippen molar-refractivity contribution in [2.45, 2.75) is 17.1 Å². The van der Waals surface area contributed by atoms with Crippen molar-refractivity contribution in [2.24, 2.45) is 4.99 Å². The van der Waals surface area contributed by atoms with Crippen molar-refractivity contribution in [1.82, 2.24) is 16.0 Å². The average Bonchev–Trinajstić information content (AvgIpc) is 2.73. The predicted molar refractivity (Wildman–Crippen MR) is 132 cm³/mol. The molecule has 0 aliphatic heterocycles. The first-order valence-electron chi connectivity index (χ1n) is 9.21. The highest BCUT2D eigenvalue weighted by atomic mass is 127. The number of rotatable bonds is 9. The Morgan fingerprint density at radius 3 is 2.31 bits per heavy atom. The fourth-order valence-electron chi connectivity index (χ4n) is 2.44. The molecule has 158 valence electrons. The van der Waals surface area contributed by atoms with Crippen molar-refractivity contribution in [3.05, 3.63) is 60.2 Å². The van der Waals surface area contributed by atoms with Gasteiger partial charge in [-0.25, -0.2) is 0 Å². The number of methoxy groups -OCH3 is 1. The van der Waals surface area contributed by atoms with E-state index in [2.05, 4.69) is 40.0 Å². The van der Waals surface area contributed by atoms with Crippen molar-refractivity contribution in [3.8, 4) is 5.75 Å². The molecule has 6 nitrogen and oxygen atoms in total. The van der Waals surface area contributed by atoms with Crippen LogP contribution in [0.1, 0.15) is 17.3 Å². The number of halogens is 1. The Morgan fingerprint density at radius 2 is 1.69 bits per heavy atom. The van der Waals surface area contributed by atoms with E-state index in [-0.39, 0.29) is 29.9 Å². The minimum absolute atomic E-state index is 0. The van der Waals surface area contributed by atoms with Crippen LogP contribution >= 0.6 is 35.7 Å². The maximum atomic E-state index is 12.1. The maximum Gasteiger partial charge on any atom is 0.251 e. The van der Waals surface area contributed by atoms with Gasteiger partial charge in [-0.2, -0.15) is 0 Å². The molecule has 1 atom stereocenters. The lowest BCUT2D eigenvalue weighted by Gasteiger charge is -2.16. The molecule has 0 saturated carbocycles. The Labute approximate surface area is 194 Å². The summed E-state index contributed by atoms with van der Waals surface area (Å²) >= 11 is 1.82. The lowest BCUT2D eigenvalue weighted by molar-refractivity contribution is 0.0954. The molecular weight excluding hydrogens is 499 g/mol. The quantitative estimate of drug-likeness (QED) is 0.153. The molecule has 0 bridgehead atoms. The van der Waals surface area contributed by atoms with Crippen LogP contribution in [0, 0.1) is 0 Å². The summed E-state index contributed by atoms with van der Waals surface area (Å²) in [4.78, 5) is 17.6. The number of carbonyl (C=O) groups excluding carboxylic acids is 1.